The molecule has 0 spiro atoms. The second kappa shape index (κ2) is 8.84. The molecule has 116 valence electrons. The smallest absolute Gasteiger partial charge is 0.306 e. The summed E-state index contributed by atoms with van der Waals surface area (Å²) in [6.45, 7) is 4.45. The molecule has 6 nitrogen and oxygen atoms in total. The largest absolute Gasteiger partial charge is 0.493 e. The molecule has 1 aromatic rings. The van der Waals surface area contributed by atoms with E-state index in [4.69, 9.17) is 14.2 Å². The topological polar surface area (TPSA) is 73.9 Å². The molecule has 1 amide bonds. The first-order valence-corrected chi connectivity index (χ1v) is 6.87. The first-order valence-electron chi connectivity index (χ1n) is 6.87. The van der Waals surface area contributed by atoms with Crippen LogP contribution >= 0.6 is 0 Å². The summed E-state index contributed by atoms with van der Waals surface area (Å²) in [6.07, 6.45) is 0.141. The van der Waals surface area contributed by atoms with Crippen molar-refractivity contribution >= 4 is 17.6 Å². The van der Waals surface area contributed by atoms with Gasteiger partial charge in [-0.3, -0.25) is 9.59 Å². The zero-order valence-corrected chi connectivity index (χ0v) is 12.6. The Balaban J connectivity index is 2.58. The van der Waals surface area contributed by atoms with Gasteiger partial charge in [0, 0.05) is 18.2 Å². The van der Waals surface area contributed by atoms with E-state index >= 15 is 0 Å². The Bertz CT molecular complexity index is 487. The molecule has 0 atom stereocenters. The number of carbonyl (C=O) groups is 2. The Hall–Kier alpha value is -2.24. The van der Waals surface area contributed by atoms with Crippen LogP contribution in [0.5, 0.6) is 11.5 Å². The molecule has 6 heteroatoms. The van der Waals surface area contributed by atoms with Gasteiger partial charge >= 0.3 is 5.97 Å². The minimum Gasteiger partial charge on any atom is -0.493 e. The SMILES string of the molecule is CCOC(=O)CCC(=O)Nc1ccc(OCC)c(OC)c1. The third kappa shape index (κ3) is 5.72. The van der Waals surface area contributed by atoms with Crippen LogP contribution in [-0.4, -0.2) is 32.2 Å². The number of esters is 1. The molecule has 21 heavy (non-hydrogen) atoms. The fourth-order valence-electron chi connectivity index (χ4n) is 1.69. The lowest BCUT2D eigenvalue weighted by atomic mass is 10.2. The van der Waals surface area contributed by atoms with Gasteiger partial charge in [-0.1, -0.05) is 0 Å². The summed E-state index contributed by atoms with van der Waals surface area (Å²) in [5, 5.41) is 2.70. The van der Waals surface area contributed by atoms with Gasteiger partial charge in [-0.15, -0.1) is 0 Å². The third-order valence-corrected chi connectivity index (χ3v) is 2.61. The maximum atomic E-state index is 11.7. The summed E-state index contributed by atoms with van der Waals surface area (Å²) >= 11 is 0. The number of rotatable bonds is 8. The normalized spacial score (nSPS) is 9.86. The highest BCUT2D eigenvalue weighted by molar-refractivity contribution is 5.92. The summed E-state index contributed by atoms with van der Waals surface area (Å²) in [7, 11) is 1.53. The van der Waals surface area contributed by atoms with E-state index in [2.05, 4.69) is 5.32 Å². The van der Waals surface area contributed by atoms with Crippen molar-refractivity contribution in [1.29, 1.82) is 0 Å². The fourth-order valence-corrected chi connectivity index (χ4v) is 1.69. The predicted octanol–water partition coefficient (Wildman–Crippen LogP) is 2.38. The van der Waals surface area contributed by atoms with Crippen molar-refractivity contribution in [2.75, 3.05) is 25.6 Å². The van der Waals surface area contributed by atoms with Gasteiger partial charge in [-0.25, -0.2) is 0 Å². The van der Waals surface area contributed by atoms with Crippen LogP contribution in [0.2, 0.25) is 0 Å². The molecular weight excluding hydrogens is 274 g/mol. The Labute approximate surface area is 124 Å². The molecule has 1 N–H and O–H groups in total. The van der Waals surface area contributed by atoms with Gasteiger partial charge in [-0.05, 0) is 26.0 Å². The van der Waals surface area contributed by atoms with E-state index in [9.17, 15) is 9.59 Å². The number of amides is 1. The Morgan fingerprint density at radius 2 is 1.86 bits per heavy atom. The molecule has 0 aliphatic carbocycles. The van der Waals surface area contributed by atoms with Gasteiger partial charge in [0.05, 0.1) is 26.7 Å². The summed E-state index contributed by atoms with van der Waals surface area (Å²) < 4.78 is 15.4. The molecule has 1 aromatic carbocycles. The number of hydrogen-bond acceptors (Lipinski definition) is 5. The summed E-state index contributed by atoms with van der Waals surface area (Å²) in [5.74, 6) is 0.524. The van der Waals surface area contributed by atoms with Crippen LogP contribution in [0.4, 0.5) is 5.69 Å². The predicted molar refractivity (Wildman–Crippen MR) is 78.7 cm³/mol. The number of carbonyl (C=O) groups excluding carboxylic acids is 2. The van der Waals surface area contributed by atoms with Crippen molar-refractivity contribution < 1.29 is 23.8 Å². The lowest BCUT2D eigenvalue weighted by Crippen LogP contribution is -2.14. The highest BCUT2D eigenvalue weighted by atomic mass is 16.5. The molecule has 0 fully saturated rings. The lowest BCUT2D eigenvalue weighted by molar-refractivity contribution is -0.144. The van der Waals surface area contributed by atoms with E-state index in [1.165, 1.54) is 7.11 Å². The quantitative estimate of drug-likeness (QED) is 0.745. The van der Waals surface area contributed by atoms with Gasteiger partial charge in [-0.2, -0.15) is 0 Å². The molecular formula is C15H21NO5. The Morgan fingerprint density at radius 3 is 2.48 bits per heavy atom. The lowest BCUT2D eigenvalue weighted by Gasteiger charge is -2.11. The molecule has 0 unspecified atom stereocenters. The number of hydrogen-bond donors (Lipinski definition) is 1. The van der Waals surface area contributed by atoms with Crippen LogP contribution in [0.25, 0.3) is 0 Å². The average Bonchev–Trinajstić information content (AvgIpc) is 2.47. The van der Waals surface area contributed by atoms with E-state index < -0.39 is 0 Å². The number of anilines is 1. The highest BCUT2D eigenvalue weighted by Gasteiger charge is 2.10. The van der Waals surface area contributed by atoms with E-state index in [0.717, 1.165) is 0 Å². The van der Waals surface area contributed by atoms with E-state index in [1.807, 2.05) is 6.92 Å². The molecule has 0 radical (unpaired) electrons. The van der Waals surface area contributed by atoms with E-state index in [0.29, 0.717) is 30.4 Å². The van der Waals surface area contributed by atoms with Crippen molar-refractivity contribution in [3.05, 3.63) is 18.2 Å². The van der Waals surface area contributed by atoms with Gasteiger partial charge in [0.15, 0.2) is 11.5 Å². The van der Waals surface area contributed by atoms with Crippen molar-refractivity contribution in [2.24, 2.45) is 0 Å². The second-order valence-electron chi connectivity index (χ2n) is 4.15. The van der Waals surface area contributed by atoms with Crippen molar-refractivity contribution in [3.8, 4) is 11.5 Å². The minimum atomic E-state index is -0.378. The zero-order valence-electron chi connectivity index (χ0n) is 12.6. The van der Waals surface area contributed by atoms with Crippen LogP contribution < -0.4 is 14.8 Å². The molecule has 0 aliphatic rings. The van der Waals surface area contributed by atoms with Gasteiger partial charge in [0.2, 0.25) is 5.91 Å². The molecule has 0 saturated carbocycles. The monoisotopic (exact) mass is 295 g/mol. The summed E-state index contributed by atoms with van der Waals surface area (Å²) in [5.41, 5.74) is 0.587. The summed E-state index contributed by atoms with van der Waals surface area (Å²) in [6, 6.07) is 5.12. The fraction of sp³-hybridized carbons (Fsp3) is 0.467. The minimum absolute atomic E-state index is 0.0633. The van der Waals surface area contributed by atoms with Crippen LogP contribution in [0, 0.1) is 0 Å². The third-order valence-electron chi connectivity index (χ3n) is 2.61. The van der Waals surface area contributed by atoms with Crippen LogP contribution in [-0.2, 0) is 14.3 Å². The average molecular weight is 295 g/mol. The molecule has 0 aromatic heterocycles. The van der Waals surface area contributed by atoms with Crippen molar-refractivity contribution in [2.45, 2.75) is 26.7 Å². The number of ether oxygens (including phenoxy) is 3. The van der Waals surface area contributed by atoms with Gasteiger partial charge in [0.1, 0.15) is 0 Å². The van der Waals surface area contributed by atoms with Gasteiger partial charge < -0.3 is 19.5 Å². The van der Waals surface area contributed by atoms with E-state index in [1.54, 1.807) is 25.1 Å². The van der Waals surface area contributed by atoms with Crippen molar-refractivity contribution in [3.63, 3.8) is 0 Å². The van der Waals surface area contributed by atoms with Crippen LogP contribution in [0.3, 0.4) is 0 Å². The Morgan fingerprint density at radius 1 is 1.10 bits per heavy atom. The Kier molecular flexibility index (Phi) is 7.08. The second-order valence-corrected chi connectivity index (χ2v) is 4.15. The van der Waals surface area contributed by atoms with E-state index in [-0.39, 0.29) is 24.7 Å². The first kappa shape index (κ1) is 16.8. The molecule has 0 saturated heterocycles. The summed E-state index contributed by atoms with van der Waals surface area (Å²) in [4.78, 5) is 22.9. The first-order chi connectivity index (χ1) is 10.1. The van der Waals surface area contributed by atoms with Crippen LogP contribution in [0.1, 0.15) is 26.7 Å². The molecule has 0 heterocycles. The molecule has 0 aliphatic heterocycles. The maximum Gasteiger partial charge on any atom is 0.306 e. The number of benzene rings is 1. The number of nitrogens with one attached hydrogen (secondary N) is 1. The zero-order chi connectivity index (χ0) is 15.7. The highest BCUT2D eigenvalue weighted by Crippen LogP contribution is 2.30. The molecule has 0 bridgehead atoms. The van der Waals surface area contributed by atoms with Crippen LogP contribution in [0.15, 0.2) is 18.2 Å². The van der Waals surface area contributed by atoms with Gasteiger partial charge in [0.25, 0.3) is 0 Å². The standard InChI is InChI=1S/C15H21NO5/c1-4-20-12-7-6-11(10-13(12)19-3)16-14(17)8-9-15(18)21-5-2/h6-7,10H,4-5,8-9H2,1-3H3,(H,16,17). The maximum absolute atomic E-state index is 11.7. The molecule has 1 rings (SSSR count). The van der Waals surface area contributed by atoms with Crippen molar-refractivity contribution in [1.82, 2.24) is 0 Å². The number of methoxy groups -OCH3 is 1.